The van der Waals surface area contributed by atoms with Crippen molar-refractivity contribution < 1.29 is 18.3 Å². The van der Waals surface area contributed by atoms with E-state index in [0.717, 1.165) is 34.5 Å². The van der Waals surface area contributed by atoms with Gasteiger partial charge in [0.05, 0.1) is 17.5 Å². The molecular formula is C29H27F3N6OS. The van der Waals surface area contributed by atoms with Gasteiger partial charge in [-0.05, 0) is 54.3 Å². The number of rotatable bonds is 6. The number of alkyl halides is 3. The molecule has 2 heterocycles. The molecule has 3 aromatic carbocycles. The van der Waals surface area contributed by atoms with Crippen LogP contribution in [-0.4, -0.2) is 42.7 Å². The zero-order valence-corrected chi connectivity index (χ0v) is 22.9. The normalized spacial score (nSPS) is 18.9. The highest BCUT2D eigenvalue weighted by Gasteiger charge is 2.41. The Labute approximate surface area is 234 Å². The molecule has 1 N–H and O–H groups in total. The van der Waals surface area contributed by atoms with Crippen molar-refractivity contribution in [1.82, 2.24) is 14.8 Å². The number of hydrogen-bond donors (Lipinski definition) is 1. The lowest BCUT2D eigenvalue weighted by Crippen LogP contribution is -2.45. The molecule has 0 saturated carbocycles. The molecule has 5 rings (SSSR count). The van der Waals surface area contributed by atoms with Gasteiger partial charge in [-0.25, -0.2) is 9.67 Å². The molecule has 206 valence electrons. The third-order valence-electron chi connectivity index (χ3n) is 6.42. The lowest BCUT2D eigenvalue weighted by atomic mass is 9.99. The van der Waals surface area contributed by atoms with Crippen molar-refractivity contribution in [3.05, 3.63) is 95.8 Å². The molecule has 7 nitrogen and oxygen atoms in total. The van der Waals surface area contributed by atoms with Crippen molar-refractivity contribution in [3.8, 4) is 17.1 Å². The fourth-order valence-electron chi connectivity index (χ4n) is 4.34. The van der Waals surface area contributed by atoms with E-state index in [9.17, 15) is 18.3 Å². The average molecular weight is 565 g/mol. The predicted octanol–water partition coefficient (Wildman–Crippen LogP) is 6.73. The lowest BCUT2D eigenvalue weighted by molar-refractivity contribution is -0.137. The molecule has 4 aromatic rings. The van der Waals surface area contributed by atoms with Crippen LogP contribution in [0.2, 0.25) is 0 Å². The van der Waals surface area contributed by atoms with Crippen LogP contribution in [0.3, 0.4) is 0 Å². The molecule has 0 amide bonds. The summed E-state index contributed by atoms with van der Waals surface area (Å²) in [6, 6.07) is 20.1. The van der Waals surface area contributed by atoms with Crippen LogP contribution in [0.4, 0.5) is 18.9 Å². The van der Waals surface area contributed by atoms with Crippen molar-refractivity contribution in [3.63, 3.8) is 0 Å². The monoisotopic (exact) mass is 564 g/mol. The average Bonchev–Trinajstić information content (AvgIpc) is 3.53. The molecule has 0 aliphatic carbocycles. The van der Waals surface area contributed by atoms with Crippen LogP contribution in [0.1, 0.15) is 43.4 Å². The van der Waals surface area contributed by atoms with Crippen LogP contribution >= 0.6 is 11.8 Å². The second-order valence-electron chi connectivity index (χ2n) is 9.86. The Bertz CT molecular complexity index is 1540. The molecule has 0 radical (unpaired) electrons. The van der Waals surface area contributed by atoms with Gasteiger partial charge in [-0.1, -0.05) is 68.1 Å². The molecule has 11 heteroatoms. The first kappa shape index (κ1) is 27.6. The number of nitrogens with zero attached hydrogens (tertiary/aromatic N) is 6. The fraction of sp³-hybridized carbons (Fsp3) is 0.241. The number of para-hydroxylation sites is 1. The Kier molecular flexibility index (Phi) is 7.52. The summed E-state index contributed by atoms with van der Waals surface area (Å²) in [4.78, 5) is 6.13. The van der Waals surface area contributed by atoms with Crippen molar-refractivity contribution in [1.29, 1.82) is 0 Å². The van der Waals surface area contributed by atoms with Gasteiger partial charge in [-0.3, -0.25) is 4.90 Å². The number of halogens is 3. The van der Waals surface area contributed by atoms with Crippen LogP contribution in [-0.2, 0) is 6.18 Å². The second-order valence-corrected chi connectivity index (χ2v) is 10.8. The van der Waals surface area contributed by atoms with Crippen LogP contribution in [0.5, 0.6) is 0 Å². The molecule has 1 saturated heterocycles. The Morgan fingerprint density at radius 2 is 1.73 bits per heavy atom. The SMILES string of the molecule is CC(C)c1ccccc1N1C(=NN=Cc2ccc(-c3ncn(-c4ccc(C(F)(F)F)cc4)n3)cc2)SCC1(C)O. The van der Waals surface area contributed by atoms with Crippen LogP contribution in [0.25, 0.3) is 17.1 Å². The summed E-state index contributed by atoms with van der Waals surface area (Å²) in [7, 11) is 0. The van der Waals surface area contributed by atoms with Crippen molar-refractivity contribution in [2.24, 2.45) is 10.2 Å². The molecule has 1 aliphatic heterocycles. The molecule has 1 fully saturated rings. The molecule has 0 spiro atoms. The van der Waals surface area contributed by atoms with Crippen LogP contribution in [0.15, 0.2) is 89.3 Å². The standard InChI is InChI=1S/C29H27F3N6OS/c1-19(2)24-6-4-5-7-25(24)38-27(40-17-28(38,3)39)35-34-16-20-8-10-21(11-9-20)26-33-18-37(36-26)23-14-12-22(13-15-23)29(30,31)32/h4-16,18-19,39H,17H2,1-3H3. The van der Waals surface area contributed by atoms with E-state index in [-0.39, 0.29) is 5.92 Å². The molecule has 1 unspecified atom stereocenters. The number of amidine groups is 1. The Morgan fingerprint density at radius 3 is 2.40 bits per heavy atom. The van der Waals surface area contributed by atoms with Gasteiger partial charge >= 0.3 is 6.18 Å². The predicted molar refractivity (Wildman–Crippen MR) is 153 cm³/mol. The topological polar surface area (TPSA) is 78.9 Å². The third kappa shape index (κ3) is 5.80. The number of benzene rings is 3. The Hall–Kier alpha value is -3.96. The summed E-state index contributed by atoms with van der Waals surface area (Å²) in [6.45, 7) is 6.00. The van der Waals surface area contributed by atoms with Gasteiger partial charge in [0.2, 0.25) is 0 Å². The highest BCUT2D eigenvalue weighted by Crippen LogP contribution is 2.39. The first-order valence-electron chi connectivity index (χ1n) is 12.6. The maximum atomic E-state index is 12.8. The molecule has 1 atom stereocenters. The van der Waals surface area contributed by atoms with E-state index in [0.29, 0.717) is 22.4 Å². The van der Waals surface area contributed by atoms with Gasteiger partial charge in [-0.15, -0.1) is 10.2 Å². The van der Waals surface area contributed by atoms with E-state index in [1.807, 2.05) is 47.4 Å². The van der Waals surface area contributed by atoms with E-state index >= 15 is 0 Å². The van der Waals surface area contributed by atoms with E-state index in [1.165, 1.54) is 34.9 Å². The van der Waals surface area contributed by atoms with Crippen LogP contribution < -0.4 is 4.90 Å². The molecule has 0 bridgehead atoms. The summed E-state index contributed by atoms with van der Waals surface area (Å²) < 4.78 is 39.9. The van der Waals surface area contributed by atoms with E-state index in [2.05, 4.69) is 40.2 Å². The zero-order valence-electron chi connectivity index (χ0n) is 22.0. The third-order valence-corrected chi connectivity index (χ3v) is 7.63. The molecule has 1 aromatic heterocycles. The van der Waals surface area contributed by atoms with Crippen molar-refractivity contribution in [2.45, 2.75) is 38.6 Å². The molecule has 40 heavy (non-hydrogen) atoms. The number of aromatic nitrogens is 3. The Balaban J connectivity index is 1.31. The van der Waals surface area contributed by atoms with E-state index in [4.69, 9.17) is 0 Å². The van der Waals surface area contributed by atoms with Crippen LogP contribution in [0, 0.1) is 0 Å². The van der Waals surface area contributed by atoms with Crippen molar-refractivity contribution >= 4 is 28.8 Å². The van der Waals surface area contributed by atoms with Gasteiger partial charge in [0.1, 0.15) is 6.33 Å². The number of anilines is 1. The minimum absolute atomic E-state index is 0.275. The second kappa shape index (κ2) is 10.9. The minimum atomic E-state index is -4.39. The maximum absolute atomic E-state index is 12.8. The highest BCUT2D eigenvalue weighted by atomic mass is 32.2. The summed E-state index contributed by atoms with van der Waals surface area (Å²) in [5, 5.41) is 24.8. The molecular weight excluding hydrogens is 537 g/mol. The fourth-order valence-corrected chi connectivity index (χ4v) is 5.40. The summed E-state index contributed by atoms with van der Waals surface area (Å²) >= 11 is 1.45. The summed E-state index contributed by atoms with van der Waals surface area (Å²) in [5.41, 5.74) is 2.24. The van der Waals surface area contributed by atoms with Gasteiger partial charge in [0.15, 0.2) is 16.7 Å². The zero-order chi connectivity index (χ0) is 28.5. The largest absolute Gasteiger partial charge is 0.416 e. The first-order valence-corrected chi connectivity index (χ1v) is 13.6. The number of hydrogen-bond acceptors (Lipinski definition) is 6. The smallest absolute Gasteiger partial charge is 0.370 e. The first-order chi connectivity index (χ1) is 19.0. The molecule has 1 aliphatic rings. The van der Waals surface area contributed by atoms with E-state index in [1.54, 1.807) is 13.1 Å². The van der Waals surface area contributed by atoms with Crippen molar-refractivity contribution in [2.75, 3.05) is 10.7 Å². The summed E-state index contributed by atoms with van der Waals surface area (Å²) in [5.74, 6) is 1.18. The van der Waals surface area contributed by atoms with Gasteiger partial charge in [0.25, 0.3) is 0 Å². The highest BCUT2D eigenvalue weighted by molar-refractivity contribution is 8.14. The van der Waals surface area contributed by atoms with E-state index < -0.39 is 17.5 Å². The van der Waals surface area contributed by atoms with Gasteiger partial charge in [0, 0.05) is 17.0 Å². The summed E-state index contributed by atoms with van der Waals surface area (Å²) in [6.07, 6.45) is -1.30. The van der Waals surface area contributed by atoms with Gasteiger partial charge < -0.3 is 5.11 Å². The number of thioether (sulfide) groups is 1. The van der Waals surface area contributed by atoms with Gasteiger partial charge in [-0.2, -0.15) is 18.3 Å². The lowest BCUT2D eigenvalue weighted by Gasteiger charge is -2.32. The number of aliphatic hydroxyl groups is 1. The maximum Gasteiger partial charge on any atom is 0.416 e. The quantitative estimate of drug-likeness (QED) is 0.208. The minimum Gasteiger partial charge on any atom is -0.370 e. The Morgan fingerprint density at radius 1 is 1.02 bits per heavy atom.